The Morgan fingerprint density at radius 2 is 1.74 bits per heavy atom. The Balaban J connectivity index is 1.50. The van der Waals surface area contributed by atoms with E-state index < -0.39 is 0 Å². The largest absolute Gasteiger partial charge is 0.497 e. The molecule has 5 rings (SSSR count). The normalized spacial score (nSPS) is 13.8. The monoisotopic (exact) mass is 542 g/mol. The average molecular weight is 543 g/mol. The van der Waals surface area contributed by atoms with Crippen molar-refractivity contribution < 1.29 is 14.3 Å². The number of hydrogen-bond acceptors (Lipinski definition) is 3. The molecule has 8 heteroatoms. The minimum atomic E-state index is -0.377. The summed E-state index contributed by atoms with van der Waals surface area (Å²) in [5.41, 5.74) is 4.20. The predicted molar refractivity (Wildman–Crippen MR) is 155 cm³/mol. The van der Waals surface area contributed by atoms with Crippen molar-refractivity contribution >= 4 is 34.9 Å². The summed E-state index contributed by atoms with van der Waals surface area (Å²) in [6, 6.07) is 25.9. The van der Waals surface area contributed by atoms with Crippen LogP contribution in [0.3, 0.4) is 0 Å². The van der Waals surface area contributed by atoms with Crippen LogP contribution < -0.4 is 15.0 Å². The molecule has 0 spiro atoms. The minimum Gasteiger partial charge on any atom is -0.497 e. The van der Waals surface area contributed by atoms with Gasteiger partial charge in [-0.3, -0.25) is 9.69 Å². The molecule has 1 atom stereocenters. The molecule has 0 bridgehead atoms. The minimum absolute atomic E-state index is 0.0753. The molecule has 4 aromatic rings. The van der Waals surface area contributed by atoms with E-state index in [9.17, 15) is 9.59 Å². The molecule has 1 N–H and O–H groups in total. The lowest BCUT2D eigenvalue weighted by molar-refractivity contribution is -0.119. The van der Waals surface area contributed by atoms with Gasteiger partial charge < -0.3 is 19.5 Å². The smallest absolute Gasteiger partial charge is 0.322 e. The molecule has 3 amide bonds. The molecule has 1 aromatic heterocycles. The van der Waals surface area contributed by atoms with Gasteiger partial charge in [-0.2, -0.15) is 0 Å². The maximum Gasteiger partial charge on any atom is 0.322 e. The lowest BCUT2D eigenvalue weighted by Crippen LogP contribution is -2.48. The standard InChI is InChI=1S/C31H31ClN4O3/c1-3-4-18-34(31(38)33-24-10-7-9-23(32)20-24)21-29(37)36-27-12-6-5-11-26(27)35-19-8-13-28(35)30(36)22-14-16-25(39-2)17-15-22/h5-17,19-20,30H,3-4,18,21H2,1-2H3,(H,33,38). The molecule has 0 fully saturated rings. The lowest BCUT2D eigenvalue weighted by Gasteiger charge is -2.39. The van der Waals surface area contributed by atoms with Gasteiger partial charge in [0.15, 0.2) is 0 Å². The number of aromatic nitrogens is 1. The van der Waals surface area contributed by atoms with Gasteiger partial charge in [0.2, 0.25) is 5.91 Å². The number of rotatable bonds is 8. The number of fused-ring (bicyclic) bond motifs is 3. The third-order valence-corrected chi connectivity index (χ3v) is 7.13. The van der Waals surface area contributed by atoms with Crippen LogP contribution in [0.15, 0.2) is 91.1 Å². The number of carbonyl (C=O) groups excluding carboxylic acids is 2. The fourth-order valence-electron chi connectivity index (χ4n) is 4.97. The van der Waals surface area contributed by atoms with Gasteiger partial charge in [-0.05, 0) is 66.6 Å². The molecule has 2 heterocycles. The number of anilines is 2. The van der Waals surface area contributed by atoms with Gasteiger partial charge in [0.05, 0.1) is 24.2 Å². The molecule has 1 aliphatic rings. The summed E-state index contributed by atoms with van der Waals surface area (Å²) in [5, 5.41) is 3.43. The summed E-state index contributed by atoms with van der Waals surface area (Å²) < 4.78 is 7.49. The summed E-state index contributed by atoms with van der Waals surface area (Å²) >= 11 is 6.11. The Kier molecular flexibility index (Phi) is 7.89. The van der Waals surface area contributed by atoms with Crippen molar-refractivity contribution in [1.29, 1.82) is 0 Å². The van der Waals surface area contributed by atoms with Gasteiger partial charge in [0.1, 0.15) is 18.3 Å². The number of benzene rings is 3. The van der Waals surface area contributed by atoms with E-state index in [1.54, 1.807) is 36.3 Å². The van der Waals surface area contributed by atoms with Crippen LogP contribution in [0, 0.1) is 0 Å². The number of carbonyl (C=O) groups is 2. The number of ether oxygens (including phenoxy) is 1. The number of unbranched alkanes of at least 4 members (excludes halogenated alkanes) is 1. The molecule has 3 aromatic carbocycles. The number of para-hydroxylation sites is 2. The van der Waals surface area contributed by atoms with Crippen LogP contribution in [-0.4, -0.2) is 41.6 Å². The summed E-state index contributed by atoms with van der Waals surface area (Å²) in [6.45, 7) is 2.44. The number of nitrogens with zero attached hydrogens (tertiary/aromatic N) is 3. The molecule has 200 valence electrons. The van der Waals surface area contributed by atoms with Crippen LogP contribution in [0.25, 0.3) is 5.69 Å². The first-order valence-electron chi connectivity index (χ1n) is 13.0. The fourth-order valence-corrected chi connectivity index (χ4v) is 5.16. The molecule has 0 saturated carbocycles. The second-order valence-corrected chi connectivity index (χ2v) is 9.88. The highest BCUT2D eigenvalue weighted by molar-refractivity contribution is 6.30. The van der Waals surface area contributed by atoms with Crippen LogP contribution in [0.5, 0.6) is 5.75 Å². The Bertz CT molecular complexity index is 1470. The lowest BCUT2D eigenvalue weighted by atomic mass is 9.97. The molecule has 1 unspecified atom stereocenters. The van der Waals surface area contributed by atoms with Crippen molar-refractivity contribution in [1.82, 2.24) is 9.47 Å². The Hall–Kier alpha value is -4.23. The number of amides is 3. The molecule has 0 saturated heterocycles. The maximum absolute atomic E-state index is 14.2. The van der Waals surface area contributed by atoms with Crippen LogP contribution >= 0.6 is 11.6 Å². The van der Waals surface area contributed by atoms with Crippen molar-refractivity contribution in [2.24, 2.45) is 0 Å². The second-order valence-electron chi connectivity index (χ2n) is 9.45. The Labute approximate surface area is 233 Å². The van der Waals surface area contributed by atoms with Crippen LogP contribution in [0.1, 0.15) is 37.1 Å². The third-order valence-electron chi connectivity index (χ3n) is 6.89. The number of hydrogen-bond donors (Lipinski definition) is 1. The van der Waals surface area contributed by atoms with Gasteiger partial charge in [0, 0.05) is 23.5 Å². The van der Waals surface area contributed by atoms with Gasteiger partial charge in [-0.15, -0.1) is 0 Å². The summed E-state index contributed by atoms with van der Waals surface area (Å²) in [5.74, 6) is 0.569. The molecule has 7 nitrogen and oxygen atoms in total. The van der Waals surface area contributed by atoms with E-state index >= 15 is 0 Å². The molecular weight excluding hydrogens is 512 g/mol. The zero-order valence-corrected chi connectivity index (χ0v) is 22.8. The van der Waals surface area contributed by atoms with E-state index in [0.717, 1.165) is 41.2 Å². The highest BCUT2D eigenvalue weighted by Crippen LogP contribution is 2.42. The van der Waals surface area contributed by atoms with Gasteiger partial charge >= 0.3 is 6.03 Å². The number of nitrogens with one attached hydrogen (secondary N) is 1. The van der Waals surface area contributed by atoms with Crippen LogP contribution in [0.2, 0.25) is 5.02 Å². The Morgan fingerprint density at radius 1 is 0.974 bits per heavy atom. The highest BCUT2D eigenvalue weighted by Gasteiger charge is 2.37. The quantitative estimate of drug-likeness (QED) is 0.263. The van der Waals surface area contributed by atoms with E-state index in [-0.39, 0.29) is 24.5 Å². The highest BCUT2D eigenvalue weighted by atomic mass is 35.5. The number of urea groups is 1. The number of halogens is 1. The Morgan fingerprint density at radius 3 is 2.46 bits per heavy atom. The first-order chi connectivity index (χ1) is 19.0. The van der Waals surface area contributed by atoms with Crippen molar-refractivity contribution in [2.45, 2.75) is 25.8 Å². The van der Waals surface area contributed by atoms with E-state index in [0.29, 0.717) is 17.3 Å². The third kappa shape index (κ3) is 5.49. The molecule has 0 aliphatic carbocycles. The van der Waals surface area contributed by atoms with Crippen LogP contribution in [-0.2, 0) is 4.79 Å². The number of methoxy groups -OCH3 is 1. The zero-order chi connectivity index (χ0) is 27.4. The summed E-state index contributed by atoms with van der Waals surface area (Å²) in [7, 11) is 1.63. The van der Waals surface area contributed by atoms with Gasteiger partial charge in [-0.1, -0.05) is 55.3 Å². The van der Waals surface area contributed by atoms with E-state index in [1.165, 1.54) is 0 Å². The first kappa shape index (κ1) is 26.4. The summed E-state index contributed by atoms with van der Waals surface area (Å²) in [4.78, 5) is 31.0. The van der Waals surface area contributed by atoms with Crippen molar-refractivity contribution in [2.75, 3.05) is 30.4 Å². The van der Waals surface area contributed by atoms with E-state index in [2.05, 4.69) is 16.8 Å². The van der Waals surface area contributed by atoms with Gasteiger partial charge in [0.25, 0.3) is 0 Å². The average Bonchev–Trinajstić information content (AvgIpc) is 3.44. The van der Waals surface area contributed by atoms with Crippen molar-refractivity contribution in [3.05, 3.63) is 107 Å². The zero-order valence-electron chi connectivity index (χ0n) is 22.0. The van der Waals surface area contributed by atoms with E-state index in [4.69, 9.17) is 16.3 Å². The van der Waals surface area contributed by atoms with Crippen molar-refractivity contribution in [3.8, 4) is 11.4 Å². The summed E-state index contributed by atoms with van der Waals surface area (Å²) in [6.07, 6.45) is 3.68. The topological polar surface area (TPSA) is 66.8 Å². The SMILES string of the molecule is CCCCN(CC(=O)N1c2ccccc2-n2cccc2C1c1ccc(OC)cc1)C(=O)Nc1cccc(Cl)c1. The molecular formula is C31H31ClN4O3. The first-order valence-corrected chi connectivity index (χ1v) is 13.4. The van der Waals surface area contributed by atoms with Crippen molar-refractivity contribution in [3.63, 3.8) is 0 Å². The molecule has 1 aliphatic heterocycles. The van der Waals surface area contributed by atoms with Crippen LogP contribution in [0.4, 0.5) is 16.2 Å². The van der Waals surface area contributed by atoms with Gasteiger partial charge in [-0.25, -0.2) is 4.79 Å². The predicted octanol–water partition coefficient (Wildman–Crippen LogP) is 6.91. The second kappa shape index (κ2) is 11.7. The molecule has 0 radical (unpaired) electrons. The molecule has 39 heavy (non-hydrogen) atoms. The maximum atomic E-state index is 14.2. The fraction of sp³-hybridized carbons (Fsp3) is 0.226. The van der Waals surface area contributed by atoms with E-state index in [1.807, 2.05) is 71.8 Å².